The number of H-pyrrole nitrogens is 1. The van der Waals surface area contributed by atoms with Crippen molar-refractivity contribution in [2.75, 3.05) is 7.11 Å². The number of ether oxygens (including phenoxy) is 1. The van der Waals surface area contributed by atoms with E-state index in [1.54, 1.807) is 19.2 Å². The van der Waals surface area contributed by atoms with Crippen molar-refractivity contribution >= 4 is 28.8 Å². The second-order valence-electron chi connectivity index (χ2n) is 5.42. The van der Waals surface area contributed by atoms with Gasteiger partial charge in [-0.2, -0.15) is 0 Å². The van der Waals surface area contributed by atoms with E-state index >= 15 is 0 Å². The molecule has 3 rings (SSSR count). The van der Waals surface area contributed by atoms with Gasteiger partial charge in [-0.15, -0.1) is 0 Å². The van der Waals surface area contributed by atoms with E-state index in [9.17, 15) is 4.79 Å². The number of para-hydroxylation sites is 1. The van der Waals surface area contributed by atoms with Crippen LogP contribution < -0.4 is 4.74 Å². The molecule has 0 bridgehead atoms. The number of aromatic nitrogens is 1. The van der Waals surface area contributed by atoms with Gasteiger partial charge < -0.3 is 14.5 Å². The summed E-state index contributed by atoms with van der Waals surface area (Å²) in [4.78, 5) is 15.2. The molecule has 2 aromatic carbocycles. The molecule has 112 valence electrons. The lowest BCUT2D eigenvalue weighted by atomic mass is 9.77. The number of benzene rings is 2. The van der Waals surface area contributed by atoms with Crippen LogP contribution in [0.4, 0.5) is 0 Å². The molecule has 3 aromatic rings. The van der Waals surface area contributed by atoms with Crippen LogP contribution in [0.3, 0.4) is 0 Å². The fraction of sp³-hybridized carbons (Fsp3) is 0.167. The Balaban J connectivity index is 2.20. The number of hydrogen-bond donors (Lipinski definition) is 1. The van der Waals surface area contributed by atoms with E-state index in [2.05, 4.69) is 4.98 Å². The zero-order valence-corrected chi connectivity index (χ0v) is 13.1. The summed E-state index contributed by atoms with van der Waals surface area (Å²) in [6.45, 7) is 1.90. The summed E-state index contributed by atoms with van der Waals surface area (Å²) in [5, 5.41) is 1.52. The first-order valence-corrected chi connectivity index (χ1v) is 7.35. The van der Waals surface area contributed by atoms with Gasteiger partial charge in [0.15, 0.2) is 0 Å². The van der Waals surface area contributed by atoms with Crippen LogP contribution >= 0.6 is 11.6 Å². The number of fused-ring (bicyclic) bond motifs is 1. The zero-order valence-electron chi connectivity index (χ0n) is 12.4. The number of methoxy groups -OCH3 is 1. The second-order valence-corrected chi connectivity index (χ2v) is 5.82. The fourth-order valence-corrected chi connectivity index (χ4v) is 3.04. The molecule has 0 aliphatic heterocycles. The molecule has 1 heterocycles. The number of aromatic amines is 1. The van der Waals surface area contributed by atoms with Gasteiger partial charge in [0.1, 0.15) is 12.0 Å². The third-order valence-corrected chi connectivity index (χ3v) is 4.43. The lowest BCUT2D eigenvalue weighted by Crippen LogP contribution is -2.25. The van der Waals surface area contributed by atoms with Gasteiger partial charge in [-0.3, -0.25) is 0 Å². The van der Waals surface area contributed by atoms with Crippen molar-refractivity contribution < 1.29 is 9.53 Å². The van der Waals surface area contributed by atoms with E-state index in [4.69, 9.17) is 16.3 Å². The van der Waals surface area contributed by atoms with Crippen LogP contribution in [0.1, 0.15) is 18.1 Å². The smallest absolute Gasteiger partial charge is 0.137 e. The average molecular weight is 314 g/mol. The first kappa shape index (κ1) is 14.7. The number of rotatable bonds is 4. The number of halogens is 1. The van der Waals surface area contributed by atoms with Gasteiger partial charge in [-0.25, -0.2) is 0 Å². The van der Waals surface area contributed by atoms with Crippen molar-refractivity contribution in [3.63, 3.8) is 0 Å². The molecule has 4 heteroatoms. The molecule has 0 aliphatic rings. The molecule has 22 heavy (non-hydrogen) atoms. The minimum Gasteiger partial charge on any atom is -0.495 e. The van der Waals surface area contributed by atoms with Gasteiger partial charge in [-0.1, -0.05) is 35.9 Å². The summed E-state index contributed by atoms with van der Waals surface area (Å²) >= 11 is 6.22. The summed E-state index contributed by atoms with van der Waals surface area (Å²) in [6, 6.07) is 13.4. The van der Waals surface area contributed by atoms with Gasteiger partial charge in [0.25, 0.3) is 0 Å². The normalized spacial score (nSPS) is 13.8. The summed E-state index contributed by atoms with van der Waals surface area (Å²) in [7, 11) is 1.57. The van der Waals surface area contributed by atoms with E-state index in [1.807, 2.05) is 43.5 Å². The largest absolute Gasteiger partial charge is 0.495 e. The molecule has 0 saturated heterocycles. The maximum atomic E-state index is 11.9. The Morgan fingerprint density at radius 1 is 1.23 bits per heavy atom. The first-order chi connectivity index (χ1) is 10.6. The van der Waals surface area contributed by atoms with E-state index < -0.39 is 5.41 Å². The summed E-state index contributed by atoms with van der Waals surface area (Å²) in [6.07, 6.45) is 2.85. The number of nitrogens with one attached hydrogen (secondary N) is 1. The monoisotopic (exact) mass is 313 g/mol. The molecule has 1 aromatic heterocycles. The molecule has 0 radical (unpaired) electrons. The van der Waals surface area contributed by atoms with Crippen molar-refractivity contribution in [2.24, 2.45) is 0 Å². The second kappa shape index (κ2) is 5.50. The van der Waals surface area contributed by atoms with Crippen molar-refractivity contribution in [3.05, 3.63) is 64.8 Å². The third kappa shape index (κ3) is 2.18. The Bertz CT molecular complexity index is 840. The Labute approximate surface area is 133 Å². The molecule has 0 fully saturated rings. The van der Waals surface area contributed by atoms with Crippen molar-refractivity contribution in [2.45, 2.75) is 12.3 Å². The van der Waals surface area contributed by atoms with Crippen LogP contribution in [0.2, 0.25) is 5.02 Å². The lowest BCUT2D eigenvalue weighted by Gasteiger charge is -2.24. The predicted octanol–water partition coefficient (Wildman–Crippen LogP) is 4.33. The van der Waals surface area contributed by atoms with Crippen molar-refractivity contribution in [1.29, 1.82) is 0 Å². The first-order valence-electron chi connectivity index (χ1n) is 6.97. The average Bonchev–Trinajstić information content (AvgIpc) is 2.98. The Morgan fingerprint density at radius 2 is 2.00 bits per heavy atom. The van der Waals surface area contributed by atoms with Crippen molar-refractivity contribution in [1.82, 2.24) is 4.98 Å². The molecule has 1 N–H and O–H groups in total. The molecule has 1 atom stereocenters. The summed E-state index contributed by atoms with van der Waals surface area (Å²) in [5.41, 5.74) is 1.98. The van der Waals surface area contributed by atoms with Gasteiger partial charge in [0.2, 0.25) is 0 Å². The molecule has 0 amide bonds. The van der Waals surface area contributed by atoms with E-state index in [0.29, 0.717) is 10.8 Å². The molecule has 0 saturated carbocycles. The molecule has 0 unspecified atom stereocenters. The molecule has 0 spiro atoms. The zero-order chi connectivity index (χ0) is 15.7. The van der Waals surface area contributed by atoms with Gasteiger partial charge in [0.05, 0.1) is 17.5 Å². The van der Waals surface area contributed by atoms with Crippen LogP contribution in [0.5, 0.6) is 5.75 Å². The minimum atomic E-state index is -0.782. The number of carbonyl (C=O) groups excluding carboxylic acids is 1. The minimum absolute atomic E-state index is 0.493. The van der Waals surface area contributed by atoms with E-state index in [-0.39, 0.29) is 0 Å². The van der Waals surface area contributed by atoms with Crippen LogP contribution in [-0.4, -0.2) is 18.4 Å². The van der Waals surface area contributed by atoms with Crippen LogP contribution in [-0.2, 0) is 10.2 Å². The predicted molar refractivity (Wildman–Crippen MR) is 88.8 cm³/mol. The standard InChI is InChI=1S/C18H16ClNO2/c1-18(11-21,12-7-8-17(22-2)15(19)9-12)14-10-20-16-6-4-3-5-13(14)16/h3-11,20H,1-2H3/t18-/m0/s1. The highest BCUT2D eigenvalue weighted by molar-refractivity contribution is 6.32. The van der Waals surface area contributed by atoms with Gasteiger partial charge >= 0.3 is 0 Å². The number of carbonyl (C=O) groups is 1. The lowest BCUT2D eigenvalue weighted by molar-refractivity contribution is -0.110. The molecule has 0 aliphatic carbocycles. The molecule has 3 nitrogen and oxygen atoms in total. The summed E-state index contributed by atoms with van der Waals surface area (Å²) in [5.74, 6) is 0.595. The molecular weight excluding hydrogens is 298 g/mol. The number of hydrogen-bond acceptors (Lipinski definition) is 2. The fourth-order valence-electron chi connectivity index (χ4n) is 2.78. The SMILES string of the molecule is COc1ccc([C@](C)(C=O)c2c[nH]c3ccccc23)cc1Cl. The topological polar surface area (TPSA) is 42.1 Å². The third-order valence-electron chi connectivity index (χ3n) is 4.14. The van der Waals surface area contributed by atoms with E-state index in [0.717, 1.165) is 28.3 Å². The highest BCUT2D eigenvalue weighted by atomic mass is 35.5. The van der Waals surface area contributed by atoms with Gasteiger partial charge in [0, 0.05) is 17.1 Å². The number of aldehydes is 1. The van der Waals surface area contributed by atoms with Crippen LogP contribution in [0.25, 0.3) is 10.9 Å². The van der Waals surface area contributed by atoms with Crippen LogP contribution in [0, 0.1) is 0 Å². The Kier molecular flexibility index (Phi) is 3.67. The highest BCUT2D eigenvalue weighted by Gasteiger charge is 2.31. The van der Waals surface area contributed by atoms with Gasteiger partial charge in [-0.05, 0) is 36.2 Å². The Morgan fingerprint density at radius 3 is 2.68 bits per heavy atom. The van der Waals surface area contributed by atoms with E-state index in [1.165, 1.54) is 0 Å². The maximum absolute atomic E-state index is 11.9. The highest BCUT2D eigenvalue weighted by Crippen LogP contribution is 2.37. The van der Waals surface area contributed by atoms with Crippen LogP contribution in [0.15, 0.2) is 48.7 Å². The maximum Gasteiger partial charge on any atom is 0.137 e. The molecular formula is C18H16ClNO2. The van der Waals surface area contributed by atoms with Crippen molar-refractivity contribution in [3.8, 4) is 5.75 Å². The quantitative estimate of drug-likeness (QED) is 0.728. The summed E-state index contributed by atoms with van der Waals surface area (Å²) < 4.78 is 5.18. The Hall–Kier alpha value is -2.26.